The summed E-state index contributed by atoms with van der Waals surface area (Å²) in [6.45, 7) is 7.02. The summed E-state index contributed by atoms with van der Waals surface area (Å²) in [6.07, 6.45) is 3.86. The molecular formula is C22H25N5O3. The molecule has 0 atom stereocenters. The molecule has 0 N–H and O–H groups in total. The number of hydrogen-bond acceptors (Lipinski definition) is 7. The minimum atomic E-state index is 0.132. The summed E-state index contributed by atoms with van der Waals surface area (Å²) >= 11 is 0. The molecule has 0 radical (unpaired) electrons. The van der Waals surface area contributed by atoms with Gasteiger partial charge < -0.3 is 19.1 Å². The topological polar surface area (TPSA) is 84.6 Å². The molecule has 1 aliphatic rings. The van der Waals surface area contributed by atoms with E-state index < -0.39 is 0 Å². The lowest BCUT2D eigenvalue weighted by molar-refractivity contribution is -0.130. The summed E-state index contributed by atoms with van der Waals surface area (Å²) in [7, 11) is 0. The first-order valence-corrected chi connectivity index (χ1v) is 10.0. The second-order valence-corrected chi connectivity index (χ2v) is 7.33. The second-order valence-electron chi connectivity index (χ2n) is 7.33. The highest BCUT2D eigenvalue weighted by molar-refractivity contribution is 5.79. The number of hydrogen-bond donors (Lipinski definition) is 0. The molecule has 8 nitrogen and oxygen atoms in total. The molecule has 0 bridgehead atoms. The highest BCUT2D eigenvalue weighted by Crippen LogP contribution is 2.19. The van der Waals surface area contributed by atoms with Gasteiger partial charge in [0.15, 0.2) is 0 Å². The van der Waals surface area contributed by atoms with Gasteiger partial charge in [-0.25, -0.2) is 9.97 Å². The Hall–Kier alpha value is -3.42. The molecule has 1 saturated heterocycles. The zero-order valence-electron chi connectivity index (χ0n) is 17.2. The lowest BCUT2D eigenvalue weighted by Crippen LogP contribution is -2.49. The molecule has 0 saturated carbocycles. The van der Waals surface area contributed by atoms with Crippen LogP contribution >= 0.6 is 0 Å². The third kappa shape index (κ3) is 4.59. The molecule has 30 heavy (non-hydrogen) atoms. The fourth-order valence-corrected chi connectivity index (χ4v) is 3.46. The van der Waals surface area contributed by atoms with E-state index in [1.54, 1.807) is 18.5 Å². The minimum Gasteiger partial charge on any atom is -0.489 e. The van der Waals surface area contributed by atoms with E-state index in [1.807, 2.05) is 43.0 Å². The van der Waals surface area contributed by atoms with Crippen LogP contribution in [0.15, 0.2) is 47.2 Å². The molecule has 156 valence electrons. The van der Waals surface area contributed by atoms with E-state index in [1.165, 1.54) is 0 Å². The van der Waals surface area contributed by atoms with Gasteiger partial charge >= 0.3 is 0 Å². The highest BCUT2D eigenvalue weighted by atomic mass is 16.5. The summed E-state index contributed by atoms with van der Waals surface area (Å²) in [5.74, 6) is 2.38. The van der Waals surface area contributed by atoms with Gasteiger partial charge in [-0.1, -0.05) is 17.3 Å². The summed E-state index contributed by atoms with van der Waals surface area (Å²) in [4.78, 5) is 25.2. The fourth-order valence-electron chi connectivity index (χ4n) is 3.46. The lowest BCUT2D eigenvalue weighted by atomic mass is 10.1. The van der Waals surface area contributed by atoms with Crippen molar-refractivity contribution in [1.29, 1.82) is 0 Å². The van der Waals surface area contributed by atoms with Crippen molar-refractivity contribution < 1.29 is 14.1 Å². The number of nitrogens with zero attached hydrogens (tertiary/aromatic N) is 5. The number of aromatic nitrogens is 3. The van der Waals surface area contributed by atoms with E-state index in [2.05, 4.69) is 20.0 Å². The Morgan fingerprint density at radius 1 is 1.07 bits per heavy atom. The van der Waals surface area contributed by atoms with Crippen LogP contribution in [-0.2, 0) is 17.8 Å². The zero-order valence-corrected chi connectivity index (χ0v) is 17.2. The summed E-state index contributed by atoms with van der Waals surface area (Å²) in [6, 6.07) is 9.47. The maximum Gasteiger partial charge on any atom is 0.227 e. The van der Waals surface area contributed by atoms with Gasteiger partial charge in [0.25, 0.3) is 0 Å². The number of amides is 1. The van der Waals surface area contributed by atoms with E-state index in [-0.39, 0.29) is 5.91 Å². The Bertz CT molecular complexity index is 960. The first kappa shape index (κ1) is 19.9. The summed E-state index contributed by atoms with van der Waals surface area (Å²) < 4.78 is 11.0. The van der Waals surface area contributed by atoms with Crippen LogP contribution in [0.5, 0.6) is 5.75 Å². The van der Waals surface area contributed by atoms with Crippen molar-refractivity contribution in [3.05, 3.63) is 65.3 Å². The van der Waals surface area contributed by atoms with Gasteiger partial charge in [-0.3, -0.25) is 4.79 Å². The van der Waals surface area contributed by atoms with Crippen LogP contribution < -0.4 is 9.64 Å². The Morgan fingerprint density at radius 3 is 2.40 bits per heavy atom. The number of rotatable bonds is 6. The predicted octanol–water partition coefficient (Wildman–Crippen LogP) is 2.55. The highest BCUT2D eigenvalue weighted by Gasteiger charge is 2.22. The van der Waals surface area contributed by atoms with Crippen molar-refractivity contribution in [2.75, 3.05) is 31.1 Å². The standard InChI is InChI=1S/C22H25N5O3/c1-16-20(17(2)30-25-16)15-29-19-6-4-18(5-7-19)14-21(28)26-10-12-27(13-11-26)22-23-8-3-9-24-22/h3-9H,10-15H2,1-2H3. The maximum atomic E-state index is 12.7. The number of ether oxygens (including phenoxy) is 1. The number of anilines is 1. The Balaban J connectivity index is 1.27. The molecule has 3 aromatic rings. The van der Waals surface area contributed by atoms with E-state index in [4.69, 9.17) is 9.26 Å². The third-order valence-electron chi connectivity index (χ3n) is 5.31. The fraction of sp³-hybridized carbons (Fsp3) is 0.364. The third-order valence-corrected chi connectivity index (χ3v) is 5.31. The quantitative estimate of drug-likeness (QED) is 0.621. The van der Waals surface area contributed by atoms with Gasteiger partial charge in [-0.15, -0.1) is 0 Å². The van der Waals surface area contributed by atoms with Crippen molar-refractivity contribution in [3.8, 4) is 5.75 Å². The van der Waals surface area contributed by atoms with Crippen LogP contribution in [-0.4, -0.2) is 52.1 Å². The number of piperazine rings is 1. The lowest BCUT2D eigenvalue weighted by Gasteiger charge is -2.34. The Morgan fingerprint density at radius 2 is 1.77 bits per heavy atom. The van der Waals surface area contributed by atoms with Crippen LogP contribution in [0.1, 0.15) is 22.6 Å². The molecule has 3 heterocycles. The predicted molar refractivity (Wildman–Crippen MR) is 111 cm³/mol. The molecule has 4 rings (SSSR count). The normalized spacial score (nSPS) is 14.1. The first-order valence-electron chi connectivity index (χ1n) is 10.0. The smallest absolute Gasteiger partial charge is 0.227 e. The SMILES string of the molecule is Cc1noc(C)c1COc1ccc(CC(=O)N2CCN(c3ncccn3)CC2)cc1. The molecule has 0 unspecified atom stereocenters. The first-order chi connectivity index (χ1) is 14.6. The Labute approximate surface area is 175 Å². The molecule has 1 amide bonds. The number of benzene rings is 1. The molecular weight excluding hydrogens is 382 g/mol. The molecule has 1 aliphatic heterocycles. The van der Waals surface area contributed by atoms with Gasteiger partial charge in [0.05, 0.1) is 17.7 Å². The van der Waals surface area contributed by atoms with Crippen molar-refractivity contribution >= 4 is 11.9 Å². The number of aryl methyl sites for hydroxylation is 2. The Kier molecular flexibility index (Phi) is 5.92. The van der Waals surface area contributed by atoms with Crippen molar-refractivity contribution in [2.45, 2.75) is 26.9 Å². The molecule has 1 aromatic carbocycles. The molecule has 0 aliphatic carbocycles. The van der Waals surface area contributed by atoms with Gasteiger partial charge in [0, 0.05) is 38.6 Å². The molecule has 2 aromatic heterocycles. The van der Waals surface area contributed by atoms with E-state index >= 15 is 0 Å². The van der Waals surface area contributed by atoms with E-state index in [0.717, 1.165) is 47.4 Å². The van der Waals surface area contributed by atoms with E-state index in [0.29, 0.717) is 26.1 Å². The van der Waals surface area contributed by atoms with E-state index in [9.17, 15) is 4.79 Å². The average Bonchev–Trinajstić information content (AvgIpc) is 3.11. The van der Waals surface area contributed by atoms with Gasteiger partial charge in [-0.2, -0.15) is 0 Å². The van der Waals surface area contributed by atoms with Crippen molar-refractivity contribution in [1.82, 2.24) is 20.0 Å². The molecule has 1 fully saturated rings. The van der Waals surface area contributed by atoms with Crippen LogP contribution in [0, 0.1) is 13.8 Å². The summed E-state index contributed by atoms with van der Waals surface area (Å²) in [5, 5.41) is 3.93. The largest absolute Gasteiger partial charge is 0.489 e. The van der Waals surface area contributed by atoms with Gasteiger partial charge in [-0.05, 0) is 37.6 Å². The summed E-state index contributed by atoms with van der Waals surface area (Å²) in [5.41, 5.74) is 2.78. The van der Waals surface area contributed by atoms with Crippen LogP contribution in [0.3, 0.4) is 0 Å². The average molecular weight is 407 g/mol. The van der Waals surface area contributed by atoms with Crippen LogP contribution in [0.25, 0.3) is 0 Å². The zero-order chi connectivity index (χ0) is 20.9. The number of carbonyl (C=O) groups excluding carboxylic acids is 1. The minimum absolute atomic E-state index is 0.132. The number of carbonyl (C=O) groups is 1. The van der Waals surface area contributed by atoms with Crippen molar-refractivity contribution in [2.24, 2.45) is 0 Å². The molecule has 0 spiro atoms. The van der Waals surface area contributed by atoms with Crippen LogP contribution in [0.2, 0.25) is 0 Å². The second kappa shape index (κ2) is 8.94. The molecule has 8 heteroatoms. The van der Waals surface area contributed by atoms with Crippen molar-refractivity contribution in [3.63, 3.8) is 0 Å². The van der Waals surface area contributed by atoms with Crippen LogP contribution in [0.4, 0.5) is 5.95 Å². The monoisotopic (exact) mass is 407 g/mol. The maximum absolute atomic E-state index is 12.7. The van der Waals surface area contributed by atoms with Gasteiger partial charge in [0.1, 0.15) is 18.1 Å². The van der Waals surface area contributed by atoms with Gasteiger partial charge in [0.2, 0.25) is 11.9 Å².